The molecular formula is C17H23NO3. The van der Waals surface area contributed by atoms with Crippen LogP contribution in [0.5, 0.6) is 5.75 Å². The van der Waals surface area contributed by atoms with Gasteiger partial charge in [0.1, 0.15) is 11.9 Å². The molecule has 4 nitrogen and oxygen atoms in total. The average molecular weight is 289 g/mol. The normalized spacial score (nSPS) is 22.7. The van der Waals surface area contributed by atoms with Gasteiger partial charge in [-0.2, -0.15) is 0 Å². The zero-order valence-corrected chi connectivity index (χ0v) is 12.8. The highest BCUT2D eigenvalue weighted by Crippen LogP contribution is 2.48. The lowest BCUT2D eigenvalue weighted by molar-refractivity contribution is 0.0505. The number of benzene rings is 1. The van der Waals surface area contributed by atoms with Crippen LogP contribution in [0.15, 0.2) is 18.2 Å². The maximum atomic E-state index is 12.1. The molecule has 2 aliphatic rings. The van der Waals surface area contributed by atoms with E-state index in [1.807, 2.05) is 25.1 Å². The minimum absolute atomic E-state index is 0.0433. The van der Waals surface area contributed by atoms with Crippen molar-refractivity contribution in [3.8, 4) is 5.75 Å². The highest BCUT2D eigenvalue weighted by atomic mass is 16.5. The lowest BCUT2D eigenvalue weighted by Crippen LogP contribution is -2.45. The van der Waals surface area contributed by atoms with Crippen LogP contribution in [-0.2, 0) is 10.2 Å². The molecule has 0 aliphatic carbocycles. The van der Waals surface area contributed by atoms with Crippen molar-refractivity contribution < 1.29 is 14.3 Å². The Kier molecular flexibility index (Phi) is 3.89. The van der Waals surface area contributed by atoms with Crippen molar-refractivity contribution in [2.75, 3.05) is 19.7 Å². The maximum absolute atomic E-state index is 12.1. The van der Waals surface area contributed by atoms with Crippen LogP contribution in [0, 0.1) is 0 Å². The third kappa shape index (κ3) is 2.42. The van der Waals surface area contributed by atoms with Gasteiger partial charge in [-0.1, -0.05) is 6.92 Å². The number of fused-ring (bicyclic) bond motifs is 2. The molecule has 4 heteroatoms. The first-order valence-corrected chi connectivity index (χ1v) is 7.86. The van der Waals surface area contributed by atoms with Gasteiger partial charge in [0.05, 0.1) is 12.2 Å². The number of hydrogen-bond acceptors (Lipinski definition) is 4. The van der Waals surface area contributed by atoms with Gasteiger partial charge in [-0.15, -0.1) is 0 Å². The first-order chi connectivity index (χ1) is 10.2. The van der Waals surface area contributed by atoms with Gasteiger partial charge in [-0.3, -0.25) is 0 Å². The fourth-order valence-corrected chi connectivity index (χ4v) is 3.50. The average Bonchev–Trinajstić information content (AvgIpc) is 2.77. The smallest absolute Gasteiger partial charge is 0.338 e. The first-order valence-electron chi connectivity index (χ1n) is 7.86. The summed E-state index contributed by atoms with van der Waals surface area (Å²) >= 11 is 0. The maximum Gasteiger partial charge on any atom is 0.338 e. The van der Waals surface area contributed by atoms with Gasteiger partial charge >= 0.3 is 5.97 Å². The molecule has 1 N–H and O–H groups in total. The van der Waals surface area contributed by atoms with Crippen LogP contribution in [0.25, 0.3) is 0 Å². The van der Waals surface area contributed by atoms with Crippen molar-refractivity contribution in [2.24, 2.45) is 0 Å². The van der Waals surface area contributed by atoms with E-state index < -0.39 is 0 Å². The SMILES string of the molecule is CCCOC(=O)c1ccc2c(c1)C1(CCNCC1)C(C)O2. The number of piperidine rings is 1. The molecule has 0 aromatic heterocycles. The van der Waals surface area contributed by atoms with E-state index in [0.29, 0.717) is 12.2 Å². The highest BCUT2D eigenvalue weighted by molar-refractivity contribution is 5.90. The Balaban J connectivity index is 1.92. The van der Waals surface area contributed by atoms with Crippen LogP contribution in [0.1, 0.15) is 49.0 Å². The van der Waals surface area contributed by atoms with E-state index in [4.69, 9.17) is 9.47 Å². The predicted octanol–water partition coefficient (Wildman–Crippen LogP) is 2.66. The highest BCUT2D eigenvalue weighted by Gasteiger charge is 2.47. The molecule has 21 heavy (non-hydrogen) atoms. The van der Waals surface area contributed by atoms with Crippen molar-refractivity contribution in [2.45, 2.75) is 44.6 Å². The van der Waals surface area contributed by atoms with Gasteiger partial charge in [0.25, 0.3) is 0 Å². The van der Waals surface area contributed by atoms with E-state index in [9.17, 15) is 4.79 Å². The summed E-state index contributed by atoms with van der Waals surface area (Å²) in [6.45, 7) is 6.60. The topological polar surface area (TPSA) is 47.6 Å². The molecule has 1 aromatic rings. The molecule has 0 saturated carbocycles. The molecule has 1 saturated heterocycles. The van der Waals surface area contributed by atoms with Crippen molar-refractivity contribution in [3.63, 3.8) is 0 Å². The number of carbonyl (C=O) groups excluding carboxylic acids is 1. The molecule has 0 radical (unpaired) electrons. The summed E-state index contributed by atoms with van der Waals surface area (Å²) in [5, 5.41) is 3.41. The summed E-state index contributed by atoms with van der Waals surface area (Å²) in [4.78, 5) is 12.1. The third-order valence-corrected chi connectivity index (χ3v) is 4.77. The molecule has 1 atom stereocenters. The number of ether oxygens (including phenoxy) is 2. The lowest BCUT2D eigenvalue weighted by Gasteiger charge is -2.36. The van der Waals surface area contributed by atoms with Crippen LogP contribution in [0.3, 0.4) is 0 Å². The largest absolute Gasteiger partial charge is 0.489 e. The van der Waals surface area contributed by atoms with E-state index in [2.05, 4.69) is 12.2 Å². The van der Waals surface area contributed by atoms with E-state index >= 15 is 0 Å². The molecule has 1 unspecified atom stereocenters. The predicted molar refractivity (Wildman–Crippen MR) is 80.9 cm³/mol. The zero-order valence-electron chi connectivity index (χ0n) is 12.8. The molecule has 2 heterocycles. The van der Waals surface area contributed by atoms with E-state index in [1.165, 1.54) is 5.56 Å². The second-order valence-corrected chi connectivity index (χ2v) is 6.01. The Morgan fingerprint density at radius 2 is 2.19 bits per heavy atom. The van der Waals surface area contributed by atoms with Gasteiger partial charge in [0.2, 0.25) is 0 Å². The Hall–Kier alpha value is -1.55. The van der Waals surface area contributed by atoms with Gasteiger partial charge in [-0.05, 0) is 57.5 Å². The minimum atomic E-state index is -0.233. The van der Waals surface area contributed by atoms with Crippen molar-refractivity contribution in [3.05, 3.63) is 29.3 Å². The molecule has 1 aromatic carbocycles. The quantitative estimate of drug-likeness (QED) is 0.869. The Labute approximate surface area is 125 Å². The van der Waals surface area contributed by atoms with Crippen LogP contribution in [0.2, 0.25) is 0 Å². The van der Waals surface area contributed by atoms with E-state index in [1.54, 1.807) is 0 Å². The van der Waals surface area contributed by atoms with Gasteiger partial charge in [0.15, 0.2) is 0 Å². The molecule has 1 spiro atoms. The fraction of sp³-hybridized carbons (Fsp3) is 0.588. The van der Waals surface area contributed by atoms with Gasteiger partial charge in [0, 0.05) is 11.0 Å². The summed E-state index contributed by atoms with van der Waals surface area (Å²) in [5.41, 5.74) is 1.86. The summed E-state index contributed by atoms with van der Waals surface area (Å²) in [7, 11) is 0. The number of rotatable bonds is 3. The minimum Gasteiger partial charge on any atom is -0.489 e. The lowest BCUT2D eigenvalue weighted by atomic mass is 9.70. The summed E-state index contributed by atoms with van der Waals surface area (Å²) in [5.74, 6) is 0.694. The van der Waals surface area contributed by atoms with Crippen LogP contribution >= 0.6 is 0 Å². The van der Waals surface area contributed by atoms with Crippen LogP contribution in [-0.4, -0.2) is 31.8 Å². The molecule has 2 aliphatic heterocycles. The molecular weight excluding hydrogens is 266 g/mol. The standard InChI is InChI=1S/C17H23NO3/c1-3-10-20-16(19)13-4-5-15-14(11-13)17(12(2)21-15)6-8-18-9-7-17/h4-5,11-12,18H,3,6-10H2,1-2H3. The van der Waals surface area contributed by atoms with E-state index in [0.717, 1.165) is 38.1 Å². The van der Waals surface area contributed by atoms with E-state index in [-0.39, 0.29) is 17.5 Å². The zero-order chi connectivity index (χ0) is 14.9. The summed E-state index contributed by atoms with van der Waals surface area (Å²) in [6, 6.07) is 5.72. The molecule has 114 valence electrons. The molecule has 0 bridgehead atoms. The first kappa shape index (κ1) is 14.4. The Bertz CT molecular complexity index is 535. The summed E-state index contributed by atoms with van der Waals surface area (Å²) < 4.78 is 11.3. The number of nitrogens with one attached hydrogen (secondary N) is 1. The van der Waals surface area contributed by atoms with Gasteiger partial charge < -0.3 is 14.8 Å². The fourth-order valence-electron chi connectivity index (χ4n) is 3.50. The molecule has 1 fully saturated rings. The monoisotopic (exact) mass is 289 g/mol. The van der Waals surface area contributed by atoms with Crippen molar-refractivity contribution in [1.29, 1.82) is 0 Å². The Morgan fingerprint density at radius 3 is 2.90 bits per heavy atom. The number of hydrogen-bond donors (Lipinski definition) is 1. The van der Waals surface area contributed by atoms with Crippen LogP contribution in [0.4, 0.5) is 0 Å². The second-order valence-electron chi connectivity index (χ2n) is 6.01. The number of esters is 1. The second kappa shape index (κ2) is 5.68. The van der Waals surface area contributed by atoms with Crippen molar-refractivity contribution in [1.82, 2.24) is 5.32 Å². The molecule has 3 rings (SSSR count). The van der Waals surface area contributed by atoms with Crippen LogP contribution < -0.4 is 10.1 Å². The number of carbonyl (C=O) groups is 1. The third-order valence-electron chi connectivity index (χ3n) is 4.77. The summed E-state index contributed by atoms with van der Waals surface area (Å²) in [6.07, 6.45) is 3.10. The van der Waals surface area contributed by atoms with Gasteiger partial charge in [-0.25, -0.2) is 4.79 Å². The Morgan fingerprint density at radius 1 is 1.43 bits per heavy atom. The van der Waals surface area contributed by atoms with Crippen molar-refractivity contribution >= 4 is 5.97 Å². The molecule has 0 amide bonds.